The minimum absolute atomic E-state index is 0.129. The molecule has 18 heavy (non-hydrogen) atoms. The number of hydrogen-bond acceptors (Lipinski definition) is 3. The highest BCUT2D eigenvalue weighted by Crippen LogP contribution is 2.58. The Morgan fingerprint density at radius 3 is 2.78 bits per heavy atom. The molecule has 1 heterocycles. The van der Waals surface area contributed by atoms with Crippen LogP contribution in [0.3, 0.4) is 0 Å². The fraction of sp³-hybridized carbons (Fsp3) is 1.00. The van der Waals surface area contributed by atoms with Gasteiger partial charge in [-0.2, -0.15) is 0 Å². The monoisotopic (exact) mass is 250 g/mol. The van der Waals surface area contributed by atoms with Gasteiger partial charge in [0.1, 0.15) is 0 Å². The van der Waals surface area contributed by atoms with Crippen molar-refractivity contribution in [1.29, 1.82) is 0 Å². The zero-order chi connectivity index (χ0) is 12.1. The molecule has 102 valence electrons. The second kappa shape index (κ2) is 4.46. The first-order chi connectivity index (χ1) is 8.83. The standard InChI is InChI=1S/C15H26N2O/c18-15-8-16-6-10(15)7-17-14-5-9-4-13(14)12-3-1-2-11(9)12/h9-18H,1-8H2. The lowest BCUT2D eigenvalue weighted by Gasteiger charge is -2.33. The average molecular weight is 250 g/mol. The number of nitrogens with one attached hydrogen (secondary N) is 2. The molecule has 0 aromatic heterocycles. The minimum Gasteiger partial charge on any atom is -0.391 e. The number of fused-ring (bicyclic) bond motifs is 5. The summed E-state index contributed by atoms with van der Waals surface area (Å²) >= 11 is 0. The summed E-state index contributed by atoms with van der Waals surface area (Å²) in [6.45, 7) is 2.79. The highest BCUT2D eigenvalue weighted by molar-refractivity contribution is 5.05. The zero-order valence-corrected chi connectivity index (χ0v) is 11.1. The number of aliphatic hydroxyl groups excluding tert-OH is 1. The van der Waals surface area contributed by atoms with Crippen molar-refractivity contribution in [3.05, 3.63) is 0 Å². The van der Waals surface area contributed by atoms with Gasteiger partial charge in [0.15, 0.2) is 0 Å². The van der Waals surface area contributed by atoms with E-state index in [2.05, 4.69) is 10.6 Å². The van der Waals surface area contributed by atoms with Crippen LogP contribution in [-0.4, -0.2) is 36.9 Å². The third kappa shape index (κ3) is 1.75. The van der Waals surface area contributed by atoms with Gasteiger partial charge in [0.25, 0.3) is 0 Å². The Morgan fingerprint density at radius 1 is 1.06 bits per heavy atom. The Kier molecular flexibility index (Phi) is 2.90. The van der Waals surface area contributed by atoms with Crippen LogP contribution in [0, 0.1) is 29.6 Å². The molecule has 7 unspecified atom stereocenters. The van der Waals surface area contributed by atoms with Gasteiger partial charge in [-0.15, -0.1) is 0 Å². The lowest BCUT2D eigenvalue weighted by Crippen LogP contribution is -2.43. The molecule has 0 radical (unpaired) electrons. The van der Waals surface area contributed by atoms with E-state index in [1.807, 2.05) is 0 Å². The van der Waals surface area contributed by atoms with Crippen molar-refractivity contribution in [2.75, 3.05) is 19.6 Å². The van der Waals surface area contributed by atoms with Crippen molar-refractivity contribution in [3.63, 3.8) is 0 Å². The lowest BCUT2D eigenvalue weighted by atomic mass is 9.79. The third-order valence-electron chi connectivity index (χ3n) is 6.38. The molecule has 1 saturated heterocycles. The molecule has 7 atom stereocenters. The van der Waals surface area contributed by atoms with E-state index in [-0.39, 0.29) is 6.10 Å². The largest absolute Gasteiger partial charge is 0.391 e. The van der Waals surface area contributed by atoms with Gasteiger partial charge in [-0.3, -0.25) is 0 Å². The van der Waals surface area contributed by atoms with Crippen molar-refractivity contribution in [2.24, 2.45) is 29.6 Å². The van der Waals surface area contributed by atoms with E-state index in [4.69, 9.17) is 0 Å². The molecule has 3 N–H and O–H groups in total. The number of β-amino-alcohol motifs (C(OH)–C–C–N with tert-alkyl or cyclic N) is 1. The molecular formula is C15H26N2O. The van der Waals surface area contributed by atoms with Crippen LogP contribution in [0.2, 0.25) is 0 Å². The fourth-order valence-electron chi connectivity index (χ4n) is 5.53. The first kappa shape index (κ1) is 11.7. The molecule has 0 aromatic rings. The Balaban J connectivity index is 1.34. The highest BCUT2D eigenvalue weighted by atomic mass is 16.3. The average Bonchev–Trinajstić information content (AvgIpc) is 3.08. The summed E-state index contributed by atoms with van der Waals surface area (Å²) in [4.78, 5) is 0. The Labute approximate surface area is 110 Å². The molecule has 0 aromatic carbocycles. The van der Waals surface area contributed by atoms with E-state index in [1.54, 1.807) is 0 Å². The van der Waals surface area contributed by atoms with Crippen LogP contribution in [-0.2, 0) is 0 Å². The molecule has 3 nitrogen and oxygen atoms in total. The molecule has 3 aliphatic carbocycles. The van der Waals surface area contributed by atoms with Crippen molar-refractivity contribution >= 4 is 0 Å². The fourth-order valence-corrected chi connectivity index (χ4v) is 5.53. The highest BCUT2D eigenvalue weighted by Gasteiger charge is 2.53. The second-order valence-electron chi connectivity index (χ2n) is 7.15. The van der Waals surface area contributed by atoms with Crippen LogP contribution < -0.4 is 10.6 Å². The van der Waals surface area contributed by atoms with Gasteiger partial charge in [-0.05, 0) is 49.4 Å². The molecule has 0 spiro atoms. The minimum atomic E-state index is -0.129. The van der Waals surface area contributed by atoms with Crippen molar-refractivity contribution < 1.29 is 5.11 Å². The molecule has 3 saturated carbocycles. The summed E-state index contributed by atoms with van der Waals surface area (Å²) in [5.74, 6) is 4.57. The maximum absolute atomic E-state index is 9.84. The topological polar surface area (TPSA) is 44.3 Å². The van der Waals surface area contributed by atoms with E-state index >= 15 is 0 Å². The van der Waals surface area contributed by atoms with Crippen molar-refractivity contribution in [1.82, 2.24) is 10.6 Å². The summed E-state index contributed by atoms with van der Waals surface area (Å²) in [5, 5.41) is 16.9. The molecule has 4 rings (SSSR count). The zero-order valence-electron chi connectivity index (χ0n) is 11.1. The van der Waals surface area contributed by atoms with Crippen LogP contribution in [0.4, 0.5) is 0 Å². The summed E-state index contributed by atoms with van der Waals surface area (Å²) in [6.07, 6.45) is 7.29. The maximum atomic E-state index is 9.84. The summed E-state index contributed by atoms with van der Waals surface area (Å²) in [5.41, 5.74) is 0. The predicted molar refractivity (Wildman–Crippen MR) is 71.2 cm³/mol. The van der Waals surface area contributed by atoms with Crippen LogP contribution in [0.25, 0.3) is 0 Å². The Morgan fingerprint density at radius 2 is 1.94 bits per heavy atom. The van der Waals surface area contributed by atoms with Crippen molar-refractivity contribution in [2.45, 2.75) is 44.2 Å². The first-order valence-corrected chi connectivity index (χ1v) is 7.95. The number of aliphatic hydroxyl groups is 1. The van der Waals surface area contributed by atoms with Gasteiger partial charge in [0.2, 0.25) is 0 Å². The molecular weight excluding hydrogens is 224 g/mol. The third-order valence-corrected chi connectivity index (χ3v) is 6.38. The summed E-state index contributed by atoms with van der Waals surface area (Å²) in [6, 6.07) is 0.766. The molecule has 1 aliphatic heterocycles. The van der Waals surface area contributed by atoms with Gasteiger partial charge in [-0.1, -0.05) is 6.42 Å². The quantitative estimate of drug-likeness (QED) is 0.700. The lowest BCUT2D eigenvalue weighted by molar-refractivity contribution is 0.136. The Bertz CT molecular complexity index is 322. The van der Waals surface area contributed by atoms with E-state index in [9.17, 15) is 5.11 Å². The van der Waals surface area contributed by atoms with E-state index in [0.717, 1.165) is 49.3 Å². The molecule has 3 heteroatoms. The molecule has 4 fully saturated rings. The SMILES string of the molecule is OC1CNCC1CNC1CC2CC1C1CCCC21. The molecule has 4 aliphatic rings. The number of hydrogen-bond donors (Lipinski definition) is 3. The molecule has 0 amide bonds. The van der Waals surface area contributed by atoms with Crippen LogP contribution in [0.1, 0.15) is 32.1 Å². The maximum Gasteiger partial charge on any atom is 0.0716 e. The summed E-state index contributed by atoms with van der Waals surface area (Å²) < 4.78 is 0. The van der Waals surface area contributed by atoms with Gasteiger partial charge in [-0.25, -0.2) is 0 Å². The Hall–Kier alpha value is -0.120. The molecule has 2 bridgehead atoms. The van der Waals surface area contributed by atoms with Crippen LogP contribution >= 0.6 is 0 Å². The first-order valence-electron chi connectivity index (χ1n) is 7.95. The number of rotatable bonds is 3. The normalized spacial score (nSPS) is 54.2. The van der Waals surface area contributed by atoms with Crippen LogP contribution in [0.15, 0.2) is 0 Å². The second-order valence-corrected chi connectivity index (χ2v) is 7.15. The van der Waals surface area contributed by atoms with E-state index in [0.29, 0.717) is 5.92 Å². The van der Waals surface area contributed by atoms with Crippen molar-refractivity contribution in [3.8, 4) is 0 Å². The van der Waals surface area contributed by atoms with Gasteiger partial charge in [0.05, 0.1) is 6.10 Å². The smallest absolute Gasteiger partial charge is 0.0716 e. The van der Waals surface area contributed by atoms with Gasteiger partial charge < -0.3 is 15.7 Å². The van der Waals surface area contributed by atoms with Crippen LogP contribution in [0.5, 0.6) is 0 Å². The van der Waals surface area contributed by atoms with E-state index in [1.165, 1.54) is 32.1 Å². The summed E-state index contributed by atoms with van der Waals surface area (Å²) in [7, 11) is 0. The van der Waals surface area contributed by atoms with Gasteiger partial charge >= 0.3 is 0 Å². The van der Waals surface area contributed by atoms with Gasteiger partial charge in [0, 0.05) is 31.6 Å². The van der Waals surface area contributed by atoms with E-state index < -0.39 is 0 Å². The predicted octanol–water partition coefficient (Wildman–Crippen LogP) is 0.981.